The molecule has 0 N–H and O–H groups in total. The number of para-hydroxylation sites is 1. The zero-order chi connectivity index (χ0) is 19.8. The summed E-state index contributed by atoms with van der Waals surface area (Å²) in [6, 6.07) is 13.1. The third-order valence-corrected chi connectivity index (χ3v) is 6.25. The highest BCUT2D eigenvalue weighted by Crippen LogP contribution is 2.22. The minimum absolute atomic E-state index is 0.109. The van der Waals surface area contributed by atoms with E-state index in [1.54, 1.807) is 12.4 Å². The van der Waals surface area contributed by atoms with Gasteiger partial charge in [0, 0.05) is 31.2 Å². The molecule has 2 saturated heterocycles. The van der Waals surface area contributed by atoms with Crippen molar-refractivity contribution < 1.29 is 9.18 Å². The second-order valence-corrected chi connectivity index (χ2v) is 8.11. The fourth-order valence-corrected chi connectivity index (χ4v) is 4.67. The number of likely N-dealkylation sites (tertiary alicyclic amines) is 2. The second-order valence-electron chi connectivity index (χ2n) is 8.11. The molecule has 0 aliphatic carbocycles. The molecule has 5 nitrogen and oxygen atoms in total. The van der Waals surface area contributed by atoms with Gasteiger partial charge in [0.1, 0.15) is 11.3 Å². The molecule has 1 aromatic heterocycles. The monoisotopic (exact) mass is 392 g/mol. The molecule has 6 heteroatoms. The van der Waals surface area contributed by atoms with E-state index in [1.807, 2.05) is 39.8 Å². The van der Waals surface area contributed by atoms with Crippen LogP contribution in [-0.2, 0) is 6.54 Å². The lowest BCUT2D eigenvalue weighted by atomic mass is 10.1. The van der Waals surface area contributed by atoms with E-state index in [0.717, 1.165) is 30.6 Å². The van der Waals surface area contributed by atoms with Crippen LogP contribution in [0.3, 0.4) is 0 Å². The van der Waals surface area contributed by atoms with Crippen molar-refractivity contribution in [2.24, 2.45) is 0 Å². The number of carbonyl (C=O) groups excluding carboxylic acids is 1. The molecule has 0 bridgehead atoms. The topological polar surface area (TPSA) is 41.4 Å². The molecule has 1 amide bonds. The molecule has 1 atom stereocenters. The fourth-order valence-electron chi connectivity index (χ4n) is 4.67. The highest BCUT2D eigenvalue weighted by atomic mass is 19.1. The number of halogens is 1. The lowest BCUT2D eigenvalue weighted by molar-refractivity contribution is 0.0780. The fraction of sp³-hybridized carbons (Fsp3) is 0.391. The summed E-state index contributed by atoms with van der Waals surface area (Å²) in [5, 5.41) is 0. The van der Waals surface area contributed by atoms with Gasteiger partial charge in [-0.05, 0) is 62.2 Å². The lowest BCUT2D eigenvalue weighted by Gasteiger charge is -2.23. The maximum atomic E-state index is 14.2. The smallest absolute Gasteiger partial charge is 0.253 e. The van der Waals surface area contributed by atoms with E-state index in [9.17, 15) is 9.18 Å². The van der Waals surface area contributed by atoms with Crippen LogP contribution in [0.4, 0.5) is 4.39 Å². The highest BCUT2D eigenvalue weighted by molar-refractivity contribution is 5.94. The van der Waals surface area contributed by atoms with Crippen LogP contribution in [0.25, 0.3) is 11.0 Å². The van der Waals surface area contributed by atoms with Gasteiger partial charge < -0.3 is 9.47 Å². The number of aromatic nitrogens is 2. The van der Waals surface area contributed by atoms with E-state index < -0.39 is 0 Å². The van der Waals surface area contributed by atoms with Crippen LogP contribution in [0.1, 0.15) is 35.2 Å². The Bertz CT molecular complexity index is 1020. The minimum Gasteiger partial charge on any atom is -0.337 e. The summed E-state index contributed by atoms with van der Waals surface area (Å²) in [6.45, 7) is 4.53. The van der Waals surface area contributed by atoms with Crippen LogP contribution in [0.2, 0.25) is 0 Å². The molecule has 29 heavy (non-hydrogen) atoms. The Morgan fingerprint density at radius 1 is 1.07 bits per heavy atom. The molecule has 5 rings (SSSR count). The number of imidazole rings is 1. The number of hydrogen-bond donors (Lipinski definition) is 0. The molecular weight excluding hydrogens is 367 g/mol. The van der Waals surface area contributed by atoms with E-state index in [-0.39, 0.29) is 11.7 Å². The molecule has 3 aromatic rings. The maximum Gasteiger partial charge on any atom is 0.253 e. The summed E-state index contributed by atoms with van der Waals surface area (Å²) in [5.41, 5.74) is 2.90. The highest BCUT2D eigenvalue weighted by Gasteiger charge is 2.31. The molecule has 0 saturated carbocycles. The molecule has 2 aliphatic rings. The van der Waals surface area contributed by atoms with Gasteiger partial charge in [-0.1, -0.05) is 18.2 Å². The summed E-state index contributed by atoms with van der Waals surface area (Å²) in [5.74, 6) is -0.161. The van der Waals surface area contributed by atoms with Crippen LogP contribution in [0, 0.1) is 5.82 Å². The Balaban J connectivity index is 1.27. The summed E-state index contributed by atoms with van der Waals surface area (Å²) < 4.78 is 16.0. The van der Waals surface area contributed by atoms with Crippen molar-refractivity contribution in [1.29, 1.82) is 0 Å². The summed E-state index contributed by atoms with van der Waals surface area (Å²) in [6.07, 6.45) is 5.29. The van der Waals surface area contributed by atoms with Crippen LogP contribution < -0.4 is 0 Å². The van der Waals surface area contributed by atoms with Gasteiger partial charge in [-0.25, -0.2) is 9.37 Å². The normalized spacial score (nSPS) is 20.0. The van der Waals surface area contributed by atoms with E-state index in [1.165, 1.54) is 32.0 Å². The Hall–Kier alpha value is -2.73. The molecule has 0 spiro atoms. The number of fused-ring (bicyclic) bond motifs is 1. The van der Waals surface area contributed by atoms with Gasteiger partial charge in [0.05, 0.1) is 11.8 Å². The largest absolute Gasteiger partial charge is 0.337 e. The number of rotatable bonds is 4. The van der Waals surface area contributed by atoms with Gasteiger partial charge in [-0.3, -0.25) is 9.69 Å². The first-order valence-electron chi connectivity index (χ1n) is 10.4. The van der Waals surface area contributed by atoms with E-state index >= 15 is 0 Å². The third kappa shape index (κ3) is 3.53. The van der Waals surface area contributed by atoms with Crippen molar-refractivity contribution in [3.63, 3.8) is 0 Å². The standard InChI is InChI=1S/C23H25FN4O/c24-20-4-3-5-21-22(20)28(16-25-21)14-17-6-8-18(9-7-17)23(29)27-13-10-19(15-27)26-11-1-2-12-26/h3-9,16,19H,1-2,10-15H2/t19-/m0/s1. The maximum absolute atomic E-state index is 14.2. The van der Waals surface area contributed by atoms with E-state index in [2.05, 4.69) is 9.88 Å². The Kier molecular flexibility index (Phi) is 4.79. The Morgan fingerprint density at radius 3 is 2.66 bits per heavy atom. The van der Waals surface area contributed by atoms with Crippen LogP contribution in [0.5, 0.6) is 0 Å². The SMILES string of the molecule is O=C(c1ccc(Cn2cnc3cccc(F)c32)cc1)N1CC[C@H](N2CCCC2)C1. The summed E-state index contributed by atoms with van der Waals surface area (Å²) in [4.78, 5) is 21.7. The molecule has 2 aliphatic heterocycles. The predicted octanol–water partition coefficient (Wildman–Crippen LogP) is 3.53. The first-order valence-corrected chi connectivity index (χ1v) is 10.4. The molecule has 0 radical (unpaired) electrons. The predicted molar refractivity (Wildman–Crippen MR) is 110 cm³/mol. The van der Waals surface area contributed by atoms with Gasteiger partial charge in [0.15, 0.2) is 0 Å². The van der Waals surface area contributed by atoms with Crippen molar-refractivity contribution in [2.45, 2.75) is 31.8 Å². The van der Waals surface area contributed by atoms with Crippen molar-refractivity contribution in [1.82, 2.24) is 19.4 Å². The average molecular weight is 392 g/mol. The summed E-state index contributed by atoms with van der Waals surface area (Å²) >= 11 is 0. The molecule has 2 fully saturated rings. The quantitative estimate of drug-likeness (QED) is 0.682. The number of nitrogens with zero attached hydrogens (tertiary/aromatic N) is 4. The third-order valence-electron chi connectivity index (χ3n) is 6.25. The van der Waals surface area contributed by atoms with Crippen molar-refractivity contribution in [3.05, 3.63) is 65.7 Å². The Labute approximate surface area is 169 Å². The minimum atomic E-state index is -0.270. The first kappa shape index (κ1) is 18.3. The van der Waals surface area contributed by atoms with Crippen LogP contribution in [-0.4, -0.2) is 57.5 Å². The molecule has 150 valence electrons. The van der Waals surface area contributed by atoms with E-state index in [0.29, 0.717) is 23.6 Å². The zero-order valence-corrected chi connectivity index (χ0v) is 16.4. The first-order chi connectivity index (χ1) is 14.2. The van der Waals surface area contributed by atoms with Gasteiger partial charge in [0.2, 0.25) is 0 Å². The van der Waals surface area contributed by atoms with Crippen LogP contribution >= 0.6 is 0 Å². The number of hydrogen-bond acceptors (Lipinski definition) is 3. The van der Waals surface area contributed by atoms with Gasteiger partial charge in [0.25, 0.3) is 5.91 Å². The number of benzene rings is 2. The molecule has 2 aromatic carbocycles. The summed E-state index contributed by atoms with van der Waals surface area (Å²) in [7, 11) is 0. The van der Waals surface area contributed by atoms with E-state index in [4.69, 9.17) is 0 Å². The van der Waals surface area contributed by atoms with Crippen LogP contribution in [0.15, 0.2) is 48.8 Å². The lowest BCUT2D eigenvalue weighted by Crippen LogP contribution is -2.37. The molecule has 0 unspecified atom stereocenters. The van der Waals surface area contributed by atoms with Gasteiger partial charge in [-0.2, -0.15) is 0 Å². The Morgan fingerprint density at radius 2 is 1.86 bits per heavy atom. The molecule has 3 heterocycles. The van der Waals surface area contributed by atoms with Crippen molar-refractivity contribution in [2.75, 3.05) is 26.2 Å². The number of carbonyl (C=O) groups is 1. The number of amides is 1. The zero-order valence-electron chi connectivity index (χ0n) is 16.4. The van der Waals surface area contributed by atoms with Gasteiger partial charge in [-0.15, -0.1) is 0 Å². The molecular formula is C23H25FN4O. The average Bonchev–Trinajstić information content (AvgIpc) is 3.49. The van der Waals surface area contributed by atoms with Gasteiger partial charge >= 0.3 is 0 Å². The van der Waals surface area contributed by atoms with Crippen molar-refractivity contribution >= 4 is 16.9 Å². The van der Waals surface area contributed by atoms with Crippen molar-refractivity contribution in [3.8, 4) is 0 Å². The second kappa shape index (κ2) is 7.59.